The highest BCUT2D eigenvalue weighted by molar-refractivity contribution is 5.84. The number of carbonyl (C=O) groups excluding carboxylic acids is 3. The van der Waals surface area contributed by atoms with Gasteiger partial charge >= 0.3 is 6.09 Å². The third kappa shape index (κ3) is 5.87. The first-order valence-electron chi connectivity index (χ1n) is 9.02. The third-order valence-electron chi connectivity index (χ3n) is 4.46. The van der Waals surface area contributed by atoms with Gasteiger partial charge in [-0.15, -0.1) is 0 Å². The Morgan fingerprint density at radius 3 is 2.15 bits per heavy atom. The van der Waals surface area contributed by atoms with E-state index < -0.39 is 0 Å². The average molecular weight is 377 g/mol. The summed E-state index contributed by atoms with van der Waals surface area (Å²) >= 11 is 0. The molecule has 0 N–H and O–H groups in total. The Morgan fingerprint density at radius 2 is 1.63 bits per heavy atom. The van der Waals surface area contributed by atoms with E-state index in [4.69, 9.17) is 9.47 Å². The zero-order chi connectivity index (χ0) is 19.8. The van der Waals surface area contributed by atoms with Crippen LogP contribution < -0.4 is 4.74 Å². The summed E-state index contributed by atoms with van der Waals surface area (Å²) in [4.78, 5) is 41.1. The smallest absolute Gasteiger partial charge is 0.409 e. The molecule has 27 heavy (non-hydrogen) atoms. The molecule has 148 valence electrons. The predicted octanol–water partition coefficient (Wildman–Crippen LogP) is 1.34. The Morgan fingerprint density at radius 1 is 1.04 bits per heavy atom. The van der Waals surface area contributed by atoms with Crippen LogP contribution >= 0.6 is 0 Å². The molecular formula is C19H27N3O5. The molecule has 1 aromatic carbocycles. The van der Waals surface area contributed by atoms with Crippen LogP contribution in [0.3, 0.4) is 0 Å². The fourth-order valence-corrected chi connectivity index (χ4v) is 2.85. The number of rotatable bonds is 6. The molecule has 0 spiro atoms. The summed E-state index contributed by atoms with van der Waals surface area (Å²) < 4.78 is 10.1. The zero-order valence-corrected chi connectivity index (χ0v) is 16.1. The number of ether oxygens (including phenoxy) is 2. The summed E-state index contributed by atoms with van der Waals surface area (Å²) in [6.07, 6.45) is -0.352. The van der Waals surface area contributed by atoms with E-state index in [-0.39, 0.29) is 24.5 Å². The van der Waals surface area contributed by atoms with Gasteiger partial charge in [-0.05, 0) is 24.6 Å². The molecule has 0 bridgehead atoms. The molecule has 0 saturated carbocycles. The van der Waals surface area contributed by atoms with Crippen molar-refractivity contribution in [1.29, 1.82) is 0 Å². The van der Waals surface area contributed by atoms with Gasteiger partial charge in [-0.2, -0.15) is 0 Å². The van der Waals surface area contributed by atoms with Crippen molar-refractivity contribution in [3.05, 3.63) is 29.8 Å². The quantitative estimate of drug-likeness (QED) is 0.748. The summed E-state index contributed by atoms with van der Waals surface area (Å²) in [6, 6.07) is 7.39. The molecule has 8 nitrogen and oxygen atoms in total. The predicted molar refractivity (Wildman–Crippen MR) is 99.3 cm³/mol. The van der Waals surface area contributed by atoms with Gasteiger partial charge in [0, 0.05) is 39.6 Å². The second-order valence-electron chi connectivity index (χ2n) is 6.29. The van der Waals surface area contributed by atoms with Crippen molar-refractivity contribution in [2.75, 3.05) is 46.4 Å². The van der Waals surface area contributed by atoms with Crippen LogP contribution in [0.15, 0.2) is 24.3 Å². The Kier molecular flexibility index (Phi) is 7.45. The van der Waals surface area contributed by atoms with Crippen LogP contribution in [0.25, 0.3) is 0 Å². The molecule has 1 aliphatic rings. The molecule has 8 heteroatoms. The van der Waals surface area contributed by atoms with Gasteiger partial charge in [-0.25, -0.2) is 4.79 Å². The lowest BCUT2D eigenvalue weighted by Crippen LogP contribution is -2.53. The van der Waals surface area contributed by atoms with Gasteiger partial charge < -0.3 is 24.2 Å². The maximum absolute atomic E-state index is 12.6. The van der Waals surface area contributed by atoms with Gasteiger partial charge in [0.25, 0.3) is 0 Å². The summed E-state index contributed by atoms with van der Waals surface area (Å²) in [7, 11) is 1.59. The fraction of sp³-hybridized carbons (Fsp3) is 0.526. The monoisotopic (exact) mass is 377 g/mol. The topological polar surface area (TPSA) is 79.4 Å². The maximum Gasteiger partial charge on any atom is 0.409 e. The van der Waals surface area contributed by atoms with Crippen LogP contribution in [0.1, 0.15) is 19.4 Å². The Balaban J connectivity index is 1.89. The zero-order valence-electron chi connectivity index (χ0n) is 16.1. The summed E-state index contributed by atoms with van der Waals surface area (Å²) in [5.74, 6) is 0.454. The number of amides is 3. The first-order valence-corrected chi connectivity index (χ1v) is 9.02. The van der Waals surface area contributed by atoms with Crippen molar-refractivity contribution in [2.45, 2.75) is 20.4 Å². The summed E-state index contributed by atoms with van der Waals surface area (Å²) in [5, 5.41) is 0. The summed E-state index contributed by atoms with van der Waals surface area (Å²) in [5.41, 5.74) is 0.922. The highest BCUT2D eigenvalue weighted by Crippen LogP contribution is 2.13. The van der Waals surface area contributed by atoms with E-state index in [0.29, 0.717) is 39.3 Å². The van der Waals surface area contributed by atoms with E-state index in [1.165, 1.54) is 11.8 Å². The number of carbonyl (C=O) groups is 3. The minimum absolute atomic E-state index is 0.0147. The molecule has 2 rings (SSSR count). The summed E-state index contributed by atoms with van der Waals surface area (Å²) in [6.45, 7) is 5.65. The number of hydrogen-bond acceptors (Lipinski definition) is 5. The van der Waals surface area contributed by atoms with Crippen molar-refractivity contribution in [3.8, 4) is 5.75 Å². The van der Waals surface area contributed by atoms with Gasteiger partial charge in [-0.3, -0.25) is 9.59 Å². The molecule has 0 aromatic heterocycles. The normalized spacial score (nSPS) is 13.9. The molecular weight excluding hydrogens is 350 g/mol. The van der Waals surface area contributed by atoms with E-state index in [9.17, 15) is 14.4 Å². The first-order chi connectivity index (χ1) is 12.9. The molecule has 0 atom stereocenters. The lowest BCUT2D eigenvalue weighted by molar-refractivity contribution is -0.140. The van der Waals surface area contributed by atoms with Crippen molar-refractivity contribution >= 4 is 17.9 Å². The standard InChI is InChI=1S/C19H27N3O5/c1-4-27-19(25)21-11-9-20(10-12-21)18(24)14-22(15(2)23)13-16-5-7-17(26-3)8-6-16/h5-8H,4,9-14H2,1-3H3. The van der Waals surface area contributed by atoms with E-state index in [2.05, 4.69) is 0 Å². The number of benzene rings is 1. The molecule has 0 radical (unpaired) electrons. The van der Waals surface area contributed by atoms with Gasteiger partial charge in [0.05, 0.1) is 13.7 Å². The second-order valence-corrected chi connectivity index (χ2v) is 6.29. The molecule has 0 unspecified atom stereocenters. The first kappa shape index (κ1) is 20.5. The second kappa shape index (κ2) is 9.80. The van der Waals surface area contributed by atoms with Crippen LogP contribution in [-0.2, 0) is 20.9 Å². The van der Waals surface area contributed by atoms with Crippen molar-refractivity contribution in [3.63, 3.8) is 0 Å². The lowest BCUT2D eigenvalue weighted by Gasteiger charge is -2.35. The molecule has 1 fully saturated rings. The van der Waals surface area contributed by atoms with Crippen molar-refractivity contribution < 1.29 is 23.9 Å². The number of methoxy groups -OCH3 is 1. The van der Waals surface area contributed by atoms with Crippen LogP contribution in [0, 0.1) is 0 Å². The third-order valence-corrected chi connectivity index (χ3v) is 4.46. The highest BCUT2D eigenvalue weighted by atomic mass is 16.6. The van der Waals surface area contributed by atoms with E-state index in [1.54, 1.807) is 23.8 Å². The van der Waals surface area contributed by atoms with Crippen LogP contribution in [0.2, 0.25) is 0 Å². The highest BCUT2D eigenvalue weighted by Gasteiger charge is 2.26. The number of piperazine rings is 1. The molecule has 1 heterocycles. The van der Waals surface area contributed by atoms with Crippen molar-refractivity contribution in [1.82, 2.24) is 14.7 Å². The molecule has 1 aromatic rings. The van der Waals surface area contributed by atoms with Gasteiger partial charge in [0.1, 0.15) is 12.3 Å². The molecule has 0 aliphatic carbocycles. The van der Waals surface area contributed by atoms with E-state index in [0.717, 1.165) is 11.3 Å². The van der Waals surface area contributed by atoms with Gasteiger partial charge in [-0.1, -0.05) is 12.1 Å². The largest absolute Gasteiger partial charge is 0.497 e. The maximum atomic E-state index is 12.6. The van der Waals surface area contributed by atoms with Crippen LogP contribution in [-0.4, -0.2) is 79.0 Å². The molecule has 1 aliphatic heterocycles. The van der Waals surface area contributed by atoms with Gasteiger partial charge in [0.2, 0.25) is 11.8 Å². The average Bonchev–Trinajstić information content (AvgIpc) is 2.68. The lowest BCUT2D eigenvalue weighted by atomic mass is 10.2. The minimum atomic E-state index is -0.352. The Labute approximate surface area is 159 Å². The number of hydrogen-bond donors (Lipinski definition) is 0. The van der Waals surface area contributed by atoms with E-state index in [1.807, 2.05) is 24.3 Å². The minimum Gasteiger partial charge on any atom is -0.497 e. The van der Waals surface area contributed by atoms with Gasteiger partial charge in [0.15, 0.2) is 0 Å². The Bertz CT molecular complexity index is 654. The fourth-order valence-electron chi connectivity index (χ4n) is 2.85. The molecule has 3 amide bonds. The van der Waals surface area contributed by atoms with Crippen molar-refractivity contribution in [2.24, 2.45) is 0 Å². The number of nitrogens with zero attached hydrogens (tertiary/aromatic N) is 3. The SMILES string of the molecule is CCOC(=O)N1CCN(C(=O)CN(Cc2ccc(OC)cc2)C(C)=O)CC1. The van der Waals surface area contributed by atoms with Crippen LogP contribution in [0.4, 0.5) is 4.79 Å². The molecule has 1 saturated heterocycles. The Hall–Kier alpha value is -2.77. The van der Waals surface area contributed by atoms with Crippen LogP contribution in [0.5, 0.6) is 5.75 Å². The van der Waals surface area contributed by atoms with E-state index >= 15 is 0 Å².